The van der Waals surface area contributed by atoms with Crippen molar-refractivity contribution in [2.24, 2.45) is 0 Å². The lowest BCUT2D eigenvalue weighted by Gasteiger charge is -2.35. The smallest absolute Gasteiger partial charge is 0.234 e. The van der Waals surface area contributed by atoms with Crippen LogP contribution in [0.15, 0.2) is 24.3 Å². The average molecular weight is 282 g/mol. The van der Waals surface area contributed by atoms with Gasteiger partial charge < -0.3 is 5.32 Å². The lowest BCUT2D eigenvalue weighted by molar-refractivity contribution is 0.488. The van der Waals surface area contributed by atoms with Gasteiger partial charge in [-0.2, -0.15) is 0 Å². The molecule has 2 rings (SSSR count). The highest BCUT2D eigenvalue weighted by molar-refractivity contribution is 7.92. The van der Waals surface area contributed by atoms with Gasteiger partial charge in [0.2, 0.25) is 10.0 Å². The zero-order valence-corrected chi connectivity index (χ0v) is 12.4. The van der Waals surface area contributed by atoms with E-state index >= 15 is 0 Å². The number of benzene rings is 1. The Kier molecular flexibility index (Phi) is 4.47. The Labute approximate surface area is 115 Å². The lowest BCUT2D eigenvalue weighted by atomic mass is 9.98. The molecule has 0 amide bonds. The molecule has 0 bridgehead atoms. The fraction of sp³-hybridized carbons (Fsp3) is 0.571. The molecule has 0 saturated carbocycles. The fourth-order valence-electron chi connectivity index (χ4n) is 2.51. The molecule has 0 aliphatic carbocycles. The van der Waals surface area contributed by atoms with E-state index in [9.17, 15) is 8.42 Å². The van der Waals surface area contributed by atoms with Gasteiger partial charge in [0.25, 0.3) is 0 Å². The van der Waals surface area contributed by atoms with E-state index in [1.807, 2.05) is 24.3 Å². The summed E-state index contributed by atoms with van der Waals surface area (Å²) in [5.74, 6) is 0.147. The van der Waals surface area contributed by atoms with Crippen molar-refractivity contribution < 1.29 is 8.42 Å². The molecule has 4 nitrogen and oxygen atoms in total. The van der Waals surface area contributed by atoms with Gasteiger partial charge in [-0.05, 0) is 37.9 Å². The van der Waals surface area contributed by atoms with E-state index in [1.54, 1.807) is 11.2 Å². The van der Waals surface area contributed by atoms with Crippen LogP contribution in [-0.2, 0) is 10.0 Å². The van der Waals surface area contributed by atoms with Crippen molar-refractivity contribution in [1.82, 2.24) is 5.32 Å². The molecule has 0 radical (unpaired) electrons. The predicted octanol–water partition coefficient (Wildman–Crippen LogP) is 2.29. The van der Waals surface area contributed by atoms with E-state index in [1.165, 1.54) is 0 Å². The molecule has 1 aromatic rings. The molecule has 1 atom stereocenters. The minimum absolute atomic E-state index is 0.147. The van der Waals surface area contributed by atoms with Crippen molar-refractivity contribution in [1.29, 1.82) is 0 Å². The molecule has 1 aliphatic heterocycles. The van der Waals surface area contributed by atoms with Gasteiger partial charge in [0.05, 0.1) is 11.4 Å². The largest absolute Gasteiger partial charge is 0.310 e. The third kappa shape index (κ3) is 2.92. The van der Waals surface area contributed by atoms with E-state index in [0.717, 1.165) is 30.6 Å². The Hall–Kier alpha value is -1.07. The number of para-hydroxylation sites is 1. The summed E-state index contributed by atoms with van der Waals surface area (Å²) in [5, 5.41) is 3.50. The molecular weight excluding hydrogens is 260 g/mol. The van der Waals surface area contributed by atoms with Crippen LogP contribution in [0.4, 0.5) is 5.69 Å². The molecule has 5 heteroatoms. The maximum absolute atomic E-state index is 12.1. The third-order valence-corrected chi connectivity index (χ3v) is 5.32. The molecule has 1 aliphatic rings. The first kappa shape index (κ1) is 14.3. The normalized spacial score (nSPS) is 19.3. The Morgan fingerprint density at radius 1 is 1.32 bits per heavy atom. The van der Waals surface area contributed by atoms with Crippen molar-refractivity contribution in [3.05, 3.63) is 29.8 Å². The number of nitrogens with one attached hydrogen (secondary N) is 1. The minimum Gasteiger partial charge on any atom is -0.310 e. The summed E-state index contributed by atoms with van der Waals surface area (Å²) in [4.78, 5) is 0. The van der Waals surface area contributed by atoms with Gasteiger partial charge in [-0.25, -0.2) is 8.42 Å². The summed E-state index contributed by atoms with van der Waals surface area (Å²) in [6.45, 7) is 5.35. The molecule has 106 valence electrons. The summed E-state index contributed by atoms with van der Waals surface area (Å²) >= 11 is 0. The molecule has 0 spiro atoms. The molecule has 1 N–H and O–H groups in total. The summed E-state index contributed by atoms with van der Waals surface area (Å²) < 4.78 is 25.8. The van der Waals surface area contributed by atoms with Gasteiger partial charge in [0.15, 0.2) is 0 Å². The summed E-state index contributed by atoms with van der Waals surface area (Å²) in [6.07, 6.45) is 1.91. The Morgan fingerprint density at radius 2 is 2.05 bits per heavy atom. The second-order valence-corrected chi connectivity index (χ2v) is 7.01. The summed E-state index contributed by atoms with van der Waals surface area (Å²) in [5.41, 5.74) is 1.93. The molecule has 0 aromatic heterocycles. The highest BCUT2D eigenvalue weighted by Gasteiger charge is 2.30. The van der Waals surface area contributed by atoms with E-state index in [0.29, 0.717) is 6.54 Å². The third-order valence-electron chi connectivity index (χ3n) is 3.54. The standard InChI is InChI=1S/C14H22N2O2S/c1-3-10-15-13-9-11-16(19(17,18)4-2)14-8-6-5-7-12(13)14/h5-8,13,15H,3-4,9-11H2,1-2H3. The zero-order valence-electron chi connectivity index (χ0n) is 11.6. The second kappa shape index (κ2) is 5.92. The van der Waals surface area contributed by atoms with Crippen molar-refractivity contribution in [3.8, 4) is 0 Å². The predicted molar refractivity (Wildman–Crippen MR) is 78.9 cm³/mol. The quantitative estimate of drug-likeness (QED) is 0.901. The number of sulfonamides is 1. The molecule has 1 heterocycles. The van der Waals surface area contributed by atoms with Gasteiger partial charge in [-0.1, -0.05) is 25.1 Å². The number of rotatable bonds is 5. The summed E-state index contributed by atoms with van der Waals surface area (Å²) in [7, 11) is -3.17. The van der Waals surface area contributed by atoms with Crippen LogP contribution in [0.25, 0.3) is 0 Å². The van der Waals surface area contributed by atoms with Crippen LogP contribution in [0.5, 0.6) is 0 Å². The monoisotopic (exact) mass is 282 g/mol. The van der Waals surface area contributed by atoms with Crippen LogP contribution in [0, 0.1) is 0 Å². The van der Waals surface area contributed by atoms with Crippen LogP contribution >= 0.6 is 0 Å². The number of nitrogens with zero attached hydrogens (tertiary/aromatic N) is 1. The van der Waals surface area contributed by atoms with Gasteiger partial charge in [0.1, 0.15) is 0 Å². The van der Waals surface area contributed by atoms with Crippen LogP contribution in [0.2, 0.25) is 0 Å². The van der Waals surface area contributed by atoms with Crippen molar-refractivity contribution in [2.45, 2.75) is 32.7 Å². The van der Waals surface area contributed by atoms with Crippen molar-refractivity contribution >= 4 is 15.7 Å². The first-order valence-electron chi connectivity index (χ1n) is 6.93. The highest BCUT2D eigenvalue weighted by atomic mass is 32.2. The van der Waals surface area contributed by atoms with Gasteiger partial charge in [-0.3, -0.25) is 4.31 Å². The van der Waals surface area contributed by atoms with Crippen LogP contribution in [0.3, 0.4) is 0 Å². The van der Waals surface area contributed by atoms with Crippen LogP contribution in [-0.4, -0.2) is 27.3 Å². The first-order chi connectivity index (χ1) is 9.10. The van der Waals surface area contributed by atoms with E-state index < -0.39 is 10.0 Å². The molecule has 0 saturated heterocycles. The first-order valence-corrected chi connectivity index (χ1v) is 8.53. The fourth-order valence-corrected chi connectivity index (χ4v) is 3.67. The molecule has 19 heavy (non-hydrogen) atoms. The number of hydrogen-bond donors (Lipinski definition) is 1. The van der Waals surface area contributed by atoms with Gasteiger partial charge in [0, 0.05) is 12.6 Å². The van der Waals surface area contributed by atoms with Crippen LogP contribution in [0.1, 0.15) is 38.3 Å². The average Bonchev–Trinajstić information content (AvgIpc) is 2.44. The summed E-state index contributed by atoms with van der Waals surface area (Å²) in [6, 6.07) is 8.07. The Bertz CT molecular complexity index is 528. The van der Waals surface area contributed by atoms with E-state index in [2.05, 4.69) is 12.2 Å². The Balaban J connectivity index is 2.34. The topological polar surface area (TPSA) is 49.4 Å². The molecule has 1 aromatic carbocycles. The maximum atomic E-state index is 12.1. The van der Waals surface area contributed by atoms with E-state index in [-0.39, 0.29) is 11.8 Å². The molecule has 1 unspecified atom stereocenters. The van der Waals surface area contributed by atoms with Crippen molar-refractivity contribution in [2.75, 3.05) is 23.1 Å². The number of anilines is 1. The zero-order chi connectivity index (χ0) is 13.9. The minimum atomic E-state index is -3.17. The number of fused-ring (bicyclic) bond motifs is 1. The van der Waals surface area contributed by atoms with E-state index in [4.69, 9.17) is 0 Å². The SMILES string of the molecule is CCCNC1CCN(S(=O)(=O)CC)c2ccccc21. The Morgan fingerprint density at radius 3 is 2.74 bits per heavy atom. The van der Waals surface area contributed by atoms with Gasteiger partial charge in [-0.15, -0.1) is 0 Å². The second-order valence-electron chi connectivity index (χ2n) is 4.83. The van der Waals surface area contributed by atoms with Crippen LogP contribution < -0.4 is 9.62 Å². The molecular formula is C14H22N2O2S. The highest BCUT2D eigenvalue weighted by Crippen LogP contribution is 2.35. The van der Waals surface area contributed by atoms with Crippen molar-refractivity contribution in [3.63, 3.8) is 0 Å². The maximum Gasteiger partial charge on any atom is 0.234 e. The lowest BCUT2D eigenvalue weighted by Crippen LogP contribution is -2.40. The van der Waals surface area contributed by atoms with Gasteiger partial charge >= 0.3 is 0 Å². The number of hydrogen-bond acceptors (Lipinski definition) is 3. The molecule has 0 fully saturated rings.